The smallest absolute Gasteiger partial charge is 0.0133 e. The van der Waals surface area contributed by atoms with E-state index in [-0.39, 0.29) is 0 Å². The summed E-state index contributed by atoms with van der Waals surface area (Å²) >= 11 is 0. The Kier molecular flexibility index (Phi) is 5.02. The van der Waals surface area contributed by atoms with Gasteiger partial charge in [0, 0.05) is 0 Å². The number of hydrogen-bond donors (Lipinski definition) is 0. The molecule has 1 aliphatic carbocycles. The number of allylic oxidation sites excluding steroid dienone is 8. The molecule has 0 heterocycles. The monoisotopic (exact) mass is 159 g/mol. The Morgan fingerprint density at radius 2 is 1.08 bits per heavy atom. The molecule has 0 N–H and O–H groups in total. The van der Waals surface area contributed by atoms with Crippen LogP contribution in [0.2, 0.25) is 0 Å². The highest BCUT2D eigenvalue weighted by molar-refractivity contribution is 5.09. The molecule has 12 heavy (non-hydrogen) atoms. The Bertz CT molecular complexity index is 180. The van der Waals surface area contributed by atoms with Crippen LogP contribution in [-0.2, 0) is 0 Å². The van der Waals surface area contributed by atoms with Crippen molar-refractivity contribution in [3.8, 4) is 0 Å². The van der Waals surface area contributed by atoms with Crippen LogP contribution in [0.25, 0.3) is 0 Å². The molecule has 0 spiro atoms. The van der Waals surface area contributed by atoms with E-state index in [0.29, 0.717) is 0 Å². The first-order valence-electron chi connectivity index (χ1n) is 4.45. The van der Waals surface area contributed by atoms with Crippen molar-refractivity contribution >= 4 is 0 Å². The molecule has 0 saturated heterocycles. The maximum absolute atomic E-state index is 2.19. The molecular formula is C12H15. The van der Waals surface area contributed by atoms with Crippen molar-refractivity contribution in [1.82, 2.24) is 0 Å². The van der Waals surface area contributed by atoms with Gasteiger partial charge in [-0.3, -0.25) is 0 Å². The van der Waals surface area contributed by atoms with Gasteiger partial charge in [0.25, 0.3) is 0 Å². The van der Waals surface area contributed by atoms with E-state index in [1.54, 1.807) is 0 Å². The van der Waals surface area contributed by atoms with Gasteiger partial charge < -0.3 is 0 Å². The minimum atomic E-state index is 1.03. The fourth-order valence-electron chi connectivity index (χ4n) is 0.996. The van der Waals surface area contributed by atoms with Crippen molar-refractivity contribution in [2.75, 3.05) is 0 Å². The molecule has 1 aliphatic rings. The summed E-state index contributed by atoms with van der Waals surface area (Å²) in [6, 6.07) is 0. The van der Waals surface area contributed by atoms with Gasteiger partial charge >= 0.3 is 0 Å². The second-order valence-corrected chi connectivity index (χ2v) is 2.70. The summed E-state index contributed by atoms with van der Waals surface area (Å²) in [5.41, 5.74) is 0. The lowest BCUT2D eigenvalue weighted by Crippen LogP contribution is -1.68. The first kappa shape index (κ1) is 9.05. The first-order valence-corrected chi connectivity index (χ1v) is 4.45. The second kappa shape index (κ2) is 6.66. The Balaban J connectivity index is 2.41. The van der Waals surface area contributed by atoms with Gasteiger partial charge in [-0.2, -0.15) is 0 Å². The van der Waals surface area contributed by atoms with Gasteiger partial charge in [0.05, 0.1) is 0 Å². The molecule has 0 amide bonds. The summed E-state index contributed by atoms with van der Waals surface area (Å²) in [5, 5.41) is 0. The minimum Gasteiger partial charge on any atom is -0.0876 e. The van der Waals surface area contributed by atoms with E-state index in [0.717, 1.165) is 19.3 Å². The van der Waals surface area contributed by atoms with Gasteiger partial charge in [-0.15, -0.1) is 0 Å². The highest BCUT2D eigenvalue weighted by Crippen LogP contribution is 1.97. The average Bonchev–Trinajstić information content (AvgIpc) is 2.05. The lowest BCUT2D eigenvalue weighted by molar-refractivity contribution is 1.23. The van der Waals surface area contributed by atoms with E-state index >= 15 is 0 Å². The van der Waals surface area contributed by atoms with Crippen molar-refractivity contribution in [2.24, 2.45) is 0 Å². The van der Waals surface area contributed by atoms with Crippen LogP contribution in [0.5, 0.6) is 0 Å². The maximum atomic E-state index is 2.19. The summed E-state index contributed by atoms with van der Waals surface area (Å²) in [5.74, 6) is 0. The van der Waals surface area contributed by atoms with Gasteiger partial charge in [-0.05, 0) is 25.7 Å². The quantitative estimate of drug-likeness (QED) is 0.474. The van der Waals surface area contributed by atoms with Gasteiger partial charge in [-0.25, -0.2) is 0 Å². The van der Waals surface area contributed by atoms with Gasteiger partial charge in [0.1, 0.15) is 0 Å². The Hall–Kier alpha value is -1.04. The molecule has 0 aromatic carbocycles. The van der Waals surface area contributed by atoms with Crippen molar-refractivity contribution in [3.05, 3.63) is 55.0 Å². The SMILES string of the molecule is [CH]1/C=C/C/C=C/C=C\C/C=C/C1. The van der Waals surface area contributed by atoms with Crippen LogP contribution in [0.3, 0.4) is 0 Å². The predicted molar refractivity (Wildman–Crippen MR) is 54.7 cm³/mol. The highest BCUT2D eigenvalue weighted by atomic mass is 13.8. The molecular weight excluding hydrogens is 144 g/mol. The third kappa shape index (κ3) is 4.73. The molecule has 63 valence electrons. The van der Waals surface area contributed by atoms with Gasteiger partial charge in [0.2, 0.25) is 0 Å². The van der Waals surface area contributed by atoms with Crippen molar-refractivity contribution < 1.29 is 0 Å². The average molecular weight is 159 g/mol. The predicted octanol–water partition coefficient (Wildman–Crippen LogP) is 3.60. The molecule has 0 saturated carbocycles. The van der Waals surface area contributed by atoms with Crippen LogP contribution in [0.15, 0.2) is 48.6 Å². The fraction of sp³-hybridized carbons (Fsp3) is 0.250. The van der Waals surface area contributed by atoms with E-state index in [9.17, 15) is 0 Å². The zero-order valence-electron chi connectivity index (χ0n) is 7.32. The standard InChI is InChI=1S/C12H15/c1-2-4-6-8-10-12-11-9-7-5-3-1/h1-4,7-11H,5-6,12H2/b3-1+,4-2-,9-7+,10-8+. The van der Waals surface area contributed by atoms with E-state index in [2.05, 4.69) is 55.0 Å². The fourth-order valence-corrected chi connectivity index (χ4v) is 0.996. The Morgan fingerprint density at radius 3 is 1.92 bits per heavy atom. The molecule has 0 fully saturated rings. The van der Waals surface area contributed by atoms with Crippen molar-refractivity contribution in [2.45, 2.75) is 19.3 Å². The van der Waals surface area contributed by atoms with Crippen LogP contribution >= 0.6 is 0 Å². The van der Waals surface area contributed by atoms with Crippen molar-refractivity contribution in [3.63, 3.8) is 0 Å². The number of rotatable bonds is 0. The molecule has 0 nitrogen and oxygen atoms in total. The summed E-state index contributed by atoms with van der Waals surface area (Å²) < 4.78 is 0. The molecule has 0 aromatic rings. The summed E-state index contributed by atoms with van der Waals surface area (Å²) in [4.78, 5) is 0. The third-order valence-corrected chi connectivity index (χ3v) is 1.64. The van der Waals surface area contributed by atoms with Gasteiger partial charge in [0.15, 0.2) is 0 Å². The van der Waals surface area contributed by atoms with Crippen LogP contribution in [0, 0.1) is 6.42 Å². The van der Waals surface area contributed by atoms with Crippen molar-refractivity contribution in [1.29, 1.82) is 0 Å². The lowest BCUT2D eigenvalue weighted by atomic mass is 10.2. The molecule has 0 atom stereocenters. The Labute approximate surface area is 75.0 Å². The zero-order valence-corrected chi connectivity index (χ0v) is 7.32. The number of hydrogen-bond acceptors (Lipinski definition) is 0. The maximum Gasteiger partial charge on any atom is -0.0133 e. The van der Waals surface area contributed by atoms with Crippen LogP contribution in [0.4, 0.5) is 0 Å². The molecule has 0 bridgehead atoms. The molecule has 0 aromatic heterocycles. The van der Waals surface area contributed by atoms with E-state index < -0.39 is 0 Å². The second-order valence-electron chi connectivity index (χ2n) is 2.70. The molecule has 0 unspecified atom stereocenters. The molecule has 0 aliphatic heterocycles. The molecule has 1 radical (unpaired) electrons. The largest absolute Gasteiger partial charge is 0.0876 e. The van der Waals surface area contributed by atoms with Crippen LogP contribution in [-0.4, -0.2) is 0 Å². The minimum absolute atomic E-state index is 1.03. The van der Waals surface area contributed by atoms with E-state index in [4.69, 9.17) is 0 Å². The summed E-state index contributed by atoms with van der Waals surface area (Å²) in [6.07, 6.45) is 22.5. The van der Waals surface area contributed by atoms with E-state index in [1.807, 2.05) is 0 Å². The highest BCUT2D eigenvalue weighted by Gasteiger charge is 1.78. The Morgan fingerprint density at radius 1 is 0.500 bits per heavy atom. The van der Waals surface area contributed by atoms with Gasteiger partial charge in [-0.1, -0.05) is 48.6 Å². The lowest BCUT2D eigenvalue weighted by Gasteiger charge is -1.88. The topological polar surface area (TPSA) is 0 Å². The molecule has 0 heteroatoms. The third-order valence-electron chi connectivity index (χ3n) is 1.64. The normalized spacial score (nSPS) is 29.3. The van der Waals surface area contributed by atoms with Crippen LogP contribution < -0.4 is 0 Å². The molecule has 1 rings (SSSR count). The van der Waals surface area contributed by atoms with E-state index in [1.165, 1.54) is 0 Å². The summed E-state index contributed by atoms with van der Waals surface area (Å²) in [6.45, 7) is 0. The first-order chi connectivity index (χ1) is 6.00. The summed E-state index contributed by atoms with van der Waals surface area (Å²) in [7, 11) is 0. The van der Waals surface area contributed by atoms with Crippen LogP contribution in [0.1, 0.15) is 19.3 Å². The zero-order chi connectivity index (χ0) is 8.49.